The Morgan fingerprint density at radius 3 is 2.83 bits per heavy atom. The number of nitrogen functional groups attached to an aromatic ring is 1. The van der Waals surface area contributed by atoms with Gasteiger partial charge >= 0.3 is 0 Å². The fraction of sp³-hybridized carbons (Fsp3) is 0.167. The van der Waals surface area contributed by atoms with E-state index in [0.29, 0.717) is 22.9 Å². The van der Waals surface area contributed by atoms with E-state index < -0.39 is 5.82 Å². The van der Waals surface area contributed by atoms with Crippen LogP contribution in [0, 0.1) is 18.2 Å². The Balaban J connectivity index is 2.43. The summed E-state index contributed by atoms with van der Waals surface area (Å²) in [7, 11) is 1.67. The Kier molecular flexibility index (Phi) is 3.01. The van der Waals surface area contributed by atoms with Crippen LogP contribution in [0.15, 0.2) is 24.3 Å². The minimum atomic E-state index is -0.393. The highest BCUT2D eigenvalue weighted by Crippen LogP contribution is 2.27. The molecule has 94 valence electrons. The summed E-state index contributed by atoms with van der Waals surface area (Å²) >= 11 is 0. The lowest BCUT2D eigenvalue weighted by molar-refractivity contribution is 0.426. The molecule has 3 N–H and O–H groups in total. The van der Waals surface area contributed by atoms with Crippen molar-refractivity contribution >= 4 is 5.84 Å². The molecule has 1 heterocycles. The van der Waals surface area contributed by atoms with E-state index in [1.165, 1.54) is 16.8 Å². The zero-order valence-electron chi connectivity index (χ0n) is 10.1. The second kappa shape index (κ2) is 4.48. The average Bonchev–Trinajstić information content (AvgIpc) is 2.53. The maximum atomic E-state index is 13.1. The van der Waals surface area contributed by atoms with Gasteiger partial charge in [-0.3, -0.25) is 5.41 Å². The number of rotatable bonds is 3. The third-order valence-corrected chi connectivity index (χ3v) is 2.45. The summed E-state index contributed by atoms with van der Waals surface area (Å²) in [6, 6.07) is 5.75. The van der Waals surface area contributed by atoms with Crippen molar-refractivity contribution in [2.75, 3.05) is 0 Å². The van der Waals surface area contributed by atoms with E-state index in [0.717, 1.165) is 0 Å². The van der Waals surface area contributed by atoms with Crippen LogP contribution in [0.5, 0.6) is 11.6 Å². The van der Waals surface area contributed by atoms with E-state index in [1.54, 1.807) is 26.1 Å². The number of nitrogens with one attached hydrogen (secondary N) is 1. The summed E-state index contributed by atoms with van der Waals surface area (Å²) in [6.07, 6.45) is 0. The molecule has 0 aliphatic carbocycles. The number of ether oxygens (including phenoxy) is 1. The van der Waals surface area contributed by atoms with Crippen molar-refractivity contribution in [1.82, 2.24) is 9.78 Å². The topological polar surface area (TPSA) is 76.9 Å². The number of hydrogen-bond acceptors (Lipinski definition) is 3. The number of hydrogen-bond donors (Lipinski definition) is 2. The predicted molar refractivity (Wildman–Crippen MR) is 65.4 cm³/mol. The van der Waals surface area contributed by atoms with Gasteiger partial charge in [0.25, 0.3) is 0 Å². The van der Waals surface area contributed by atoms with E-state index in [9.17, 15) is 4.39 Å². The molecule has 18 heavy (non-hydrogen) atoms. The van der Waals surface area contributed by atoms with Gasteiger partial charge in [0.2, 0.25) is 5.88 Å². The number of benzene rings is 1. The first-order valence-corrected chi connectivity index (χ1v) is 5.30. The average molecular weight is 248 g/mol. The maximum absolute atomic E-state index is 13.1. The van der Waals surface area contributed by atoms with Gasteiger partial charge in [-0.05, 0) is 19.1 Å². The number of amidine groups is 1. The highest BCUT2D eigenvalue weighted by Gasteiger charge is 2.17. The van der Waals surface area contributed by atoms with Crippen LogP contribution in [-0.2, 0) is 7.05 Å². The predicted octanol–water partition coefficient (Wildman–Crippen LogP) is 1.94. The van der Waals surface area contributed by atoms with Gasteiger partial charge in [0.05, 0.1) is 5.69 Å². The molecule has 5 nitrogen and oxygen atoms in total. The third-order valence-electron chi connectivity index (χ3n) is 2.45. The molecular formula is C12H13FN4O. The van der Waals surface area contributed by atoms with Gasteiger partial charge in [0, 0.05) is 13.1 Å². The van der Waals surface area contributed by atoms with Gasteiger partial charge in [-0.2, -0.15) is 5.10 Å². The van der Waals surface area contributed by atoms with Crippen LogP contribution >= 0.6 is 0 Å². The van der Waals surface area contributed by atoms with Crippen molar-refractivity contribution < 1.29 is 9.13 Å². The van der Waals surface area contributed by atoms with E-state index in [1.807, 2.05) is 0 Å². The molecular weight excluding hydrogens is 235 g/mol. The lowest BCUT2D eigenvalue weighted by Gasteiger charge is -2.07. The Morgan fingerprint density at radius 2 is 2.22 bits per heavy atom. The van der Waals surface area contributed by atoms with Crippen molar-refractivity contribution in [3.63, 3.8) is 0 Å². The van der Waals surface area contributed by atoms with Gasteiger partial charge in [-0.15, -0.1) is 0 Å². The Hall–Kier alpha value is -2.37. The Labute approximate surface area is 103 Å². The highest BCUT2D eigenvalue weighted by molar-refractivity contribution is 5.98. The molecule has 1 aromatic carbocycles. The second-order valence-electron chi connectivity index (χ2n) is 3.86. The molecule has 1 aromatic heterocycles. The molecule has 0 bridgehead atoms. The molecule has 0 saturated carbocycles. The van der Waals surface area contributed by atoms with Gasteiger partial charge in [0.1, 0.15) is 23.0 Å². The highest BCUT2D eigenvalue weighted by atomic mass is 19.1. The molecule has 0 aliphatic rings. The summed E-state index contributed by atoms with van der Waals surface area (Å²) in [6.45, 7) is 1.73. The van der Waals surface area contributed by atoms with Crippen LogP contribution in [0.2, 0.25) is 0 Å². The lowest BCUT2D eigenvalue weighted by Crippen LogP contribution is -2.13. The number of aromatic nitrogens is 2. The SMILES string of the molecule is Cc1nn(C)c(Oc2cccc(F)c2)c1C(=N)N. The Morgan fingerprint density at radius 1 is 1.50 bits per heavy atom. The third kappa shape index (κ3) is 2.17. The first-order chi connectivity index (χ1) is 8.49. The van der Waals surface area contributed by atoms with Crippen LogP contribution < -0.4 is 10.5 Å². The van der Waals surface area contributed by atoms with E-state index >= 15 is 0 Å². The molecule has 6 heteroatoms. The molecule has 2 aromatic rings. The van der Waals surface area contributed by atoms with Crippen LogP contribution in [0.3, 0.4) is 0 Å². The van der Waals surface area contributed by atoms with Crippen molar-refractivity contribution in [3.05, 3.63) is 41.3 Å². The van der Waals surface area contributed by atoms with Crippen molar-refractivity contribution in [2.24, 2.45) is 12.8 Å². The summed E-state index contributed by atoms with van der Waals surface area (Å²) in [5.74, 6) is 0.133. The second-order valence-corrected chi connectivity index (χ2v) is 3.86. The number of aryl methyl sites for hydroxylation is 2. The van der Waals surface area contributed by atoms with Crippen molar-refractivity contribution in [1.29, 1.82) is 5.41 Å². The molecule has 0 amide bonds. The lowest BCUT2D eigenvalue weighted by atomic mass is 10.2. The number of halogens is 1. The van der Waals surface area contributed by atoms with Crippen LogP contribution in [0.1, 0.15) is 11.3 Å². The van der Waals surface area contributed by atoms with Crippen LogP contribution in [-0.4, -0.2) is 15.6 Å². The zero-order valence-corrected chi connectivity index (χ0v) is 10.1. The van der Waals surface area contributed by atoms with Crippen LogP contribution in [0.25, 0.3) is 0 Å². The summed E-state index contributed by atoms with van der Waals surface area (Å²) in [5.41, 5.74) is 6.50. The Bertz CT molecular complexity index is 606. The maximum Gasteiger partial charge on any atom is 0.228 e. The summed E-state index contributed by atoms with van der Waals surface area (Å²) in [4.78, 5) is 0. The minimum absolute atomic E-state index is 0.132. The summed E-state index contributed by atoms with van der Waals surface area (Å²) < 4.78 is 20.1. The quantitative estimate of drug-likeness (QED) is 0.643. The molecule has 0 unspecified atom stereocenters. The van der Waals surface area contributed by atoms with Gasteiger partial charge in [-0.1, -0.05) is 6.07 Å². The van der Waals surface area contributed by atoms with Gasteiger partial charge < -0.3 is 10.5 Å². The fourth-order valence-corrected chi connectivity index (χ4v) is 1.71. The first kappa shape index (κ1) is 12.1. The van der Waals surface area contributed by atoms with Gasteiger partial charge in [0.15, 0.2) is 0 Å². The van der Waals surface area contributed by atoms with Gasteiger partial charge in [-0.25, -0.2) is 9.07 Å². The monoisotopic (exact) mass is 248 g/mol. The fourth-order valence-electron chi connectivity index (χ4n) is 1.71. The molecule has 2 rings (SSSR count). The summed E-state index contributed by atoms with van der Waals surface area (Å²) in [5, 5.41) is 11.6. The van der Waals surface area contributed by atoms with Crippen molar-refractivity contribution in [3.8, 4) is 11.6 Å². The molecule has 0 radical (unpaired) electrons. The van der Waals surface area contributed by atoms with E-state index in [-0.39, 0.29) is 5.84 Å². The molecule has 0 fully saturated rings. The normalized spacial score (nSPS) is 10.4. The number of nitrogens with two attached hydrogens (primary N) is 1. The molecule has 0 saturated heterocycles. The smallest absolute Gasteiger partial charge is 0.228 e. The number of nitrogens with zero attached hydrogens (tertiary/aromatic N) is 2. The molecule has 0 atom stereocenters. The molecule has 0 aliphatic heterocycles. The zero-order chi connectivity index (χ0) is 13.3. The van der Waals surface area contributed by atoms with E-state index in [4.69, 9.17) is 15.9 Å². The standard InChI is InChI=1S/C12H13FN4O/c1-7-10(11(14)15)12(17(2)16-7)18-9-5-3-4-8(13)6-9/h3-6H,1-2H3,(H3,14,15). The van der Waals surface area contributed by atoms with E-state index in [2.05, 4.69) is 5.10 Å². The first-order valence-electron chi connectivity index (χ1n) is 5.30. The van der Waals surface area contributed by atoms with Crippen LogP contribution in [0.4, 0.5) is 4.39 Å². The minimum Gasteiger partial charge on any atom is -0.438 e. The molecule has 0 spiro atoms. The largest absolute Gasteiger partial charge is 0.438 e. The van der Waals surface area contributed by atoms with Crippen molar-refractivity contribution in [2.45, 2.75) is 6.92 Å².